The van der Waals surface area contributed by atoms with Crippen molar-refractivity contribution in [3.05, 3.63) is 29.3 Å². The van der Waals surface area contributed by atoms with Crippen LogP contribution < -0.4 is 10.0 Å². The first-order valence-corrected chi connectivity index (χ1v) is 7.79. The Morgan fingerprint density at radius 2 is 1.94 bits per heavy atom. The minimum absolute atomic E-state index is 0.342. The van der Waals surface area contributed by atoms with Gasteiger partial charge in [-0.25, -0.2) is 13.1 Å². The molecule has 0 bridgehead atoms. The van der Waals surface area contributed by atoms with Crippen LogP contribution in [0.5, 0.6) is 0 Å². The summed E-state index contributed by atoms with van der Waals surface area (Å²) in [4.78, 5) is 0.342. The Labute approximate surface area is 110 Å². The van der Waals surface area contributed by atoms with Crippen molar-refractivity contribution < 1.29 is 8.42 Å². The van der Waals surface area contributed by atoms with Gasteiger partial charge in [-0.3, -0.25) is 0 Å². The minimum atomic E-state index is -3.36. The monoisotopic (exact) mass is 270 g/mol. The van der Waals surface area contributed by atoms with Crippen LogP contribution in [0.1, 0.15) is 31.4 Å². The summed E-state index contributed by atoms with van der Waals surface area (Å²) < 4.78 is 26.6. The van der Waals surface area contributed by atoms with Crippen LogP contribution in [0.4, 0.5) is 0 Å². The highest BCUT2D eigenvalue weighted by atomic mass is 32.2. The molecule has 0 unspecified atom stereocenters. The lowest BCUT2D eigenvalue weighted by Crippen LogP contribution is -2.24. The van der Waals surface area contributed by atoms with Gasteiger partial charge in [0.25, 0.3) is 0 Å². The van der Waals surface area contributed by atoms with Crippen LogP contribution in [-0.4, -0.2) is 21.5 Å². The van der Waals surface area contributed by atoms with Crippen molar-refractivity contribution in [2.75, 3.05) is 13.1 Å². The molecule has 1 aromatic carbocycles. The van der Waals surface area contributed by atoms with E-state index in [0.29, 0.717) is 18.0 Å². The number of rotatable bonds is 7. The summed E-state index contributed by atoms with van der Waals surface area (Å²) in [5, 5.41) is 3.21. The topological polar surface area (TPSA) is 58.2 Å². The fourth-order valence-corrected chi connectivity index (χ4v) is 2.77. The molecule has 0 saturated carbocycles. The van der Waals surface area contributed by atoms with Crippen molar-refractivity contribution in [1.82, 2.24) is 10.0 Å². The SMILES string of the molecule is CCCNS(=O)(=O)c1ccc(C)c(CNCC)c1. The maximum absolute atomic E-state index is 12.0. The predicted octanol–water partition coefficient (Wildman–Crippen LogP) is 1.79. The van der Waals surface area contributed by atoms with Gasteiger partial charge in [0.2, 0.25) is 10.0 Å². The summed E-state index contributed by atoms with van der Waals surface area (Å²) in [6, 6.07) is 5.26. The van der Waals surface area contributed by atoms with E-state index in [9.17, 15) is 8.42 Å². The summed E-state index contributed by atoms with van der Waals surface area (Å²) in [6.07, 6.45) is 0.787. The summed E-state index contributed by atoms with van der Waals surface area (Å²) in [5.74, 6) is 0. The maximum Gasteiger partial charge on any atom is 0.240 e. The Morgan fingerprint density at radius 1 is 1.22 bits per heavy atom. The number of aryl methyl sites for hydroxylation is 1. The van der Waals surface area contributed by atoms with Gasteiger partial charge in [0.05, 0.1) is 4.90 Å². The zero-order valence-corrected chi connectivity index (χ0v) is 12.1. The zero-order chi connectivity index (χ0) is 13.6. The average molecular weight is 270 g/mol. The van der Waals surface area contributed by atoms with E-state index in [2.05, 4.69) is 10.0 Å². The molecule has 0 radical (unpaired) electrons. The summed E-state index contributed by atoms with van der Waals surface area (Å²) >= 11 is 0. The van der Waals surface area contributed by atoms with Crippen molar-refractivity contribution in [1.29, 1.82) is 0 Å². The molecule has 18 heavy (non-hydrogen) atoms. The number of benzene rings is 1. The molecule has 0 spiro atoms. The molecule has 1 rings (SSSR count). The normalized spacial score (nSPS) is 11.7. The summed E-state index contributed by atoms with van der Waals surface area (Å²) in [5.41, 5.74) is 2.13. The third-order valence-corrected chi connectivity index (χ3v) is 4.20. The van der Waals surface area contributed by atoms with Gasteiger partial charge in [-0.05, 0) is 43.1 Å². The Balaban J connectivity index is 2.96. The molecule has 0 saturated heterocycles. The first-order valence-electron chi connectivity index (χ1n) is 6.31. The van der Waals surface area contributed by atoms with Crippen LogP contribution >= 0.6 is 0 Å². The van der Waals surface area contributed by atoms with E-state index < -0.39 is 10.0 Å². The fraction of sp³-hybridized carbons (Fsp3) is 0.538. The highest BCUT2D eigenvalue weighted by Gasteiger charge is 2.14. The number of hydrogen-bond acceptors (Lipinski definition) is 3. The second-order valence-electron chi connectivity index (χ2n) is 4.27. The number of sulfonamides is 1. The van der Waals surface area contributed by atoms with Gasteiger partial charge >= 0.3 is 0 Å². The van der Waals surface area contributed by atoms with Gasteiger partial charge < -0.3 is 5.32 Å². The third-order valence-electron chi connectivity index (χ3n) is 2.74. The van der Waals surface area contributed by atoms with E-state index in [1.807, 2.05) is 26.8 Å². The quantitative estimate of drug-likeness (QED) is 0.794. The highest BCUT2D eigenvalue weighted by Crippen LogP contribution is 2.15. The molecule has 1 aromatic rings. The minimum Gasteiger partial charge on any atom is -0.313 e. The predicted molar refractivity (Wildman–Crippen MR) is 74.0 cm³/mol. The van der Waals surface area contributed by atoms with Crippen molar-refractivity contribution in [2.24, 2.45) is 0 Å². The van der Waals surface area contributed by atoms with E-state index >= 15 is 0 Å². The van der Waals surface area contributed by atoms with Crippen molar-refractivity contribution >= 4 is 10.0 Å². The Kier molecular flexibility index (Phi) is 5.78. The molecule has 0 aliphatic heterocycles. The molecule has 102 valence electrons. The van der Waals surface area contributed by atoms with Crippen LogP contribution in [0, 0.1) is 6.92 Å². The van der Waals surface area contributed by atoms with Gasteiger partial charge in [0.15, 0.2) is 0 Å². The highest BCUT2D eigenvalue weighted by molar-refractivity contribution is 7.89. The molecule has 0 aliphatic rings. The molecule has 0 fully saturated rings. The Morgan fingerprint density at radius 3 is 2.56 bits per heavy atom. The van der Waals surface area contributed by atoms with Gasteiger partial charge in [-0.15, -0.1) is 0 Å². The van der Waals surface area contributed by atoms with Crippen LogP contribution in [0.25, 0.3) is 0 Å². The maximum atomic E-state index is 12.0. The Hall–Kier alpha value is -0.910. The van der Waals surface area contributed by atoms with Crippen LogP contribution in [0.15, 0.2) is 23.1 Å². The molecule has 4 nitrogen and oxygen atoms in total. The molecule has 5 heteroatoms. The number of hydrogen-bond donors (Lipinski definition) is 2. The molecule has 0 heterocycles. The van der Waals surface area contributed by atoms with Crippen LogP contribution in [0.2, 0.25) is 0 Å². The lowest BCUT2D eigenvalue weighted by Gasteiger charge is -2.10. The number of nitrogens with one attached hydrogen (secondary N) is 2. The fourth-order valence-electron chi connectivity index (χ4n) is 1.58. The molecular weight excluding hydrogens is 248 g/mol. The zero-order valence-electron chi connectivity index (χ0n) is 11.3. The second kappa shape index (κ2) is 6.87. The smallest absolute Gasteiger partial charge is 0.240 e. The summed E-state index contributed by atoms with van der Waals surface area (Å²) in [7, 11) is -3.36. The first-order chi connectivity index (χ1) is 8.51. The van der Waals surface area contributed by atoms with Gasteiger partial charge in [0.1, 0.15) is 0 Å². The van der Waals surface area contributed by atoms with Gasteiger partial charge in [0, 0.05) is 13.1 Å². The molecule has 0 aromatic heterocycles. The van der Waals surface area contributed by atoms with Crippen molar-refractivity contribution in [3.8, 4) is 0 Å². The molecule has 0 amide bonds. The second-order valence-corrected chi connectivity index (χ2v) is 6.03. The van der Waals surface area contributed by atoms with E-state index in [-0.39, 0.29) is 0 Å². The van der Waals surface area contributed by atoms with Crippen LogP contribution in [0.3, 0.4) is 0 Å². The van der Waals surface area contributed by atoms with E-state index in [1.54, 1.807) is 12.1 Å². The molecule has 0 aliphatic carbocycles. The molecule has 0 atom stereocenters. The van der Waals surface area contributed by atoms with Crippen molar-refractivity contribution in [2.45, 2.75) is 38.6 Å². The van der Waals surface area contributed by atoms with Crippen molar-refractivity contribution in [3.63, 3.8) is 0 Å². The lowest BCUT2D eigenvalue weighted by molar-refractivity contribution is 0.580. The third kappa shape index (κ3) is 4.08. The van der Waals surface area contributed by atoms with Gasteiger partial charge in [-0.2, -0.15) is 0 Å². The average Bonchev–Trinajstić information content (AvgIpc) is 2.35. The molecule has 2 N–H and O–H groups in total. The summed E-state index contributed by atoms with van der Waals surface area (Å²) in [6.45, 7) is 7.98. The van der Waals surface area contributed by atoms with Gasteiger partial charge in [-0.1, -0.05) is 19.9 Å². The largest absolute Gasteiger partial charge is 0.313 e. The first kappa shape index (κ1) is 15.1. The van der Waals surface area contributed by atoms with E-state index in [4.69, 9.17) is 0 Å². The van der Waals surface area contributed by atoms with E-state index in [1.165, 1.54) is 0 Å². The standard InChI is InChI=1S/C13H22N2O2S/c1-4-8-15-18(16,17)13-7-6-11(3)12(9-13)10-14-5-2/h6-7,9,14-15H,4-5,8,10H2,1-3H3. The molecular formula is C13H22N2O2S. The van der Waals surface area contributed by atoms with E-state index in [0.717, 1.165) is 24.1 Å². The lowest BCUT2D eigenvalue weighted by atomic mass is 10.1. The Bertz CT molecular complexity index is 484. The van der Waals surface area contributed by atoms with Crippen LogP contribution in [-0.2, 0) is 16.6 Å².